The van der Waals surface area contributed by atoms with Crippen LogP contribution in [0.3, 0.4) is 0 Å². The first-order valence-electron chi connectivity index (χ1n) is 10.8. The van der Waals surface area contributed by atoms with Gasteiger partial charge in [-0.3, -0.25) is 0 Å². The van der Waals surface area contributed by atoms with Crippen molar-refractivity contribution >= 4 is 29.3 Å². The maximum absolute atomic E-state index is 12.2. The van der Waals surface area contributed by atoms with Gasteiger partial charge < -0.3 is 14.4 Å². The summed E-state index contributed by atoms with van der Waals surface area (Å²) in [6, 6.07) is 12.2. The Morgan fingerprint density at radius 3 is 2.28 bits per heavy atom. The van der Waals surface area contributed by atoms with Crippen molar-refractivity contribution in [3.8, 4) is 5.75 Å². The third-order valence-electron chi connectivity index (χ3n) is 5.57. The number of rotatable bonds is 9. The maximum Gasteiger partial charge on any atom is 0.352 e. The van der Waals surface area contributed by atoms with E-state index in [9.17, 15) is 9.90 Å². The van der Waals surface area contributed by atoms with Gasteiger partial charge in [-0.2, -0.15) is 0 Å². The predicted molar refractivity (Wildman–Crippen MR) is 132 cm³/mol. The van der Waals surface area contributed by atoms with Gasteiger partial charge >= 0.3 is 5.97 Å². The second kappa shape index (κ2) is 10.5. The summed E-state index contributed by atoms with van der Waals surface area (Å²) in [4.78, 5) is 14.3. The molecule has 3 aromatic rings. The van der Waals surface area contributed by atoms with Gasteiger partial charge in [-0.1, -0.05) is 48.0 Å². The van der Waals surface area contributed by atoms with Crippen molar-refractivity contribution in [2.75, 3.05) is 6.61 Å². The van der Waals surface area contributed by atoms with E-state index in [1.54, 1.807) is 11.8 Å². The molecule has 4 nitrogen and oxygen atoms in total. The number of aryl methyl sites for hydroxylation is 3. The number of ether oxygens (including phenoxy) is 1. The highest BCUT2D eigenvalue weighted by Gasteiger charge is 2.24. The summed E-state index contributed by atoms with van der Waals surface area (Å²) < 4.78 is 7.86. The minimum atomic E-state index is -0.884. The van der Waals surface area contributed by atoms with Crippen LogP contribution in [0.1, 0.15) is 51.8 Å². The lowest BCUT2D eigenvalue weighted by Gasteiger charge is -2.12. The first kappa shape index (κ1) is 24.3. The Hall–Kier alpha value is -2.37. The Morgan fingerprint density at radius 2 is 1.72 bits per heavy atom. The number of carboxylic acid groups (broad SMARTS) is 1. The van der Waals surface area contributed by atoms with E-state index in [1.807, 2.05) is 44.4 Å². The van der Waals surface area contributed by atoms with Crippen molar-refractivity contribution in [1.29, 1.82) is 0 Å². The summed E-state index contributed by atoms with van der Waals surface area (Å²) in [6.07, 6.45) is 1.37. The fourth-order valence-corrected chi connectivity index (χ4v) is 5.13. The molecule has 0 radical (unpaired) electrons. The van der Waals surface area contributed by atoms with Crippen molar-refractivity contribution in [2.45, 2.75) is 63.8 Å². The van der Waals surface area contributed by atoms with E-state index in [2.05, 4.69) is 31.2 Å². The molecule has 0 atom stereocenters. The van der Waals surface area contributed by atoms with Crippen LogP contribution >= 0.6 is 23.4 Å². The monoisotopic (exact) mass is 471 g/mol. The summed E-state index contributed by atoms with van der Waals surface area (Å²) in [5.41, 5.74) is 5.45. The number of aromatic nitrogens is 1. The molecule has 0 saturated heterocycles. The number of nitrogens with zero attached hydrogens (tertiary/aromatic N) is 1. The molecule has 170 valence electrons. The number of benzene rings is 2. The second-order valence-corrected chi connectivity index (χ2v) is 9.50. The summed E-state index contributed by atoms with van der Waals surface area (Å²) in [5, 5.41) is 10.7. The Balaban J connectivity index is 1.78. The molecule has 2 aromatic carbocycles. The van der Waals surface area contributed by atoms with E-state index in [0.29, 0.717) is 31.7 Å². The molecule has 0 spiro atoms. The van der Waals surface area contributed by atoms with Crippen molar-refractivity contribution in [3.05, 3.63) is 75.1 Å². The fraction of sp³-hybridized carbons (Fsp3) is 0.346. The molecule has 0 saturated carbocycles. The van der Waals surface area contributed by atoms with Crippen LogP contribution in [0.4, 0.5) is 0 Å². The van der Waals surface area contributed by atoms with Gasteiger partial charge in [-0.15, -0.1) is 0 Å². The standard InChI is InChI=1S/C26H30ClNO3S/c1-6-22-24(26(29)30)28(19(5)25(22)32-21-10-8-16(2)9-11-21)12-7-13-31-20-14-17(3)23(27)18(4)15-20/h8-11,14-15H,6-7,12-13H2,1-5H3,(H,29,30). The van der Waals surface area contributed by atoms with Gasteiger partial charge in [0.2, 0.25) is 0 Å². The van der Waals surface area contributed by atoms with Gasteiger partial charge in [-0.05, 0) is 81.5 Å². The molecular weight excluding hydrogens is 442 g/mol. The zero-order valence-corrected chi connectivity index (χ0v) is 20.9. The number of halogens is 1. The Morgan fingerprint density at radius 1 is 1.09 bits per heavy atom. The van der Waals surface area contributed by atoms with E-state index in [-0.39, 0.29) is 0 Å². The number of carbonyl (C=O) groups is 1. The van der Waals surface area contributed by atoms with E-state index < -0.39 is 5.97 Å². The molecule has 0 aliphatic rings. The van der Waals surface area contributed by atoms with E-state index >= 15 is 0 Å². The molecule has 0 aliphatic carbocycles. The Kier molecular flexibility index (Phi) is 7.96. The average Bonchev–Trinajstić information content (AvgIpc) is 3.02. The summed E-state index contributed by atoms with van der Waals surface area (Å²) in [5.74, 6) is -0.0949. The summed E-state index contributed by atoms with van der Waals surface area (Å²) in [7, 11) is 0. The summed E-state index contributed by atoms with van der Waals surface area (Å²) >= 11 is 7.87. The molecule has 1 N–H and O–H groups in total. The predicted octanol–water partition coefficient (Wildman–Crippen LogP) is 7.26. The van der Waals surface area contributed by atoms with Crippen molar-refractivity contribution in [2.24, 2.45) is 0 Å². The van der Waals surface area contributed by atoms with Crippen LogP contribution in [0.2, 0.25) is 5.02 Å². The third kappa shape index (κ3) is 5.33. The van der Waals surface area contributed by atoms with Crippen LogP contribution in [-0.2, 0) is 13.0 Å². The molecule has 0 amide bonds. The molecule has 32 heavy (non-hydrogen) atoms. The third-order valence-corrected chi connectivity index (χ3v) is 7.42. The van der Waals surface area contributed by atoms with E-state index in [1.165, 1.54) is 5.56 Å². The second-order valence-electron chi connectivity index (χ2n) is 8.04. The van der Waals surface area contributed by atoms with E-state index in [0.717, 1.165) is 42.9 Å². The van der Waals surface area contributed by atoms with Crippen LogP contribution in [0.15, 0.2) is 46.2 Å². The van der Waals surface area contributed by atoms with Gasteiger partial charge in [0.15, 0.2) is 0 Å². The van der Waals surface area contributed by atoms with Gasteiger partial charge in [-0.25, -0.2) is 4.79 Å². The zero-order chi connectivity index (χ0) is 23.4. The molecule has 0 fully saturated rings. The topological polar surface area (TPSA) is 51.5 Å². The Labute approximate surface area is 199 Å². The molecular formula is C26H30ClNO3S. The lowest BCUT2D eigenvalue weighted by molar-refractivity contribution is 0.0683. The molecule has 0 unspecified atom stereocenters. The molecule has 0 bridgehead atoms. The zero-order valence-electron chi connectivity index (χ0n) is 19.3. The number of aromatic carboxylic acids is 1. The normalized spacial score (nSPS) is 11.1. The van der Waals surface area contributed by atoms with Gasteiger partial charge in [0.25, 0.3) is 0 Å². The number of hydrogen-bond donors (Lipinski definition) is 1. The average molecular weight is 472 g/mol. The van der Waals surface area contributed by atoms with Crippen LogP contribution in [-0.4, -0.2) is 22.2 Å². The smallest absolute Gasteiger partial charge is 0.352 e. The Bertz CT molecular complexity index is 1100. The van der Waals surface area contributed by atoms with Crippen LogP contribution in [0.5, 0.6) is 5.75 Å². The highest BCUT2D eigenvalue weighted by Crippen LogP contribution is 2.37. The van der Waals surface area contributed by atoms with Gasteiger partial charge in [0.05, 0.1) is 6.61 Å². The minimum absolute atomic E-state index is 0.387. The largest absolute Gasteiger partial charge is 0.494 e. The minimum Gasteiger partial charge on any atom is -0.494 e. The molecule has 6 heteroatoms. The highest BCUT2D eigenvalue weighted by molar-refractivity contribution is 7.99. The molecule has 3 rings (SSSR count). The van der Waals surface area contributed by atoms with E-state index in [4.69, 9.17) is 16.3 Å². The molecule has 0 aliphatic heterocycles. The number of carboxylic acids is 1. The van der Waals surface area contributed by atoms with Crippen LogP contribution in [0, 0.1) is 27.7 Å². The first-order valence-corrected chi connectivity index (χ1v) is 12.0. The van der Waals surface area contributed by atoms with Crippen molar-refractivity contribution in [1.82, 2.24) is 4.57 Å². The van der Waals surface area contributed by atoms with Crippen molar-refractivity contribution < 1.29 is 14.6 Å². The number of hydrogen-bond acceptors (Lipinski definition) is 3. The lowest BCUT2D eigenvalue weighted by atomic mass is 10.1. The first-order chi connectivity index (χ1) is 15.2. The van der Waals surface area contributed by atoms with Crippen LogP contribution in [0.25, 0.3) is 0 Å². The quantitative estimate of drug-likeness (QED) is 0.334. The van der Waals surface area contributed by atoms with Crippen LogP contribution < -0.4 is 4.74 Å². The lowest BCUT2D eigenvalue weighted by Crippen LogP contribution is -2.13. The van der Waals surface area contributed by atoms with Gasteiger partial charge in [0, 0.05) is 27.1 Å². The molecule has 1 heterocycles. The molecule has 1 aromatic heterocycles. The van der Waals surface area contributed by atoms with Crippen molar-refractivity contribution in [3.63, 3.8) is 0 Å². The highest BCUT2D eigenvalue weighted by atomic mass is 35.5. The SMILES string of the molecule is CCc1c(Sc2ccc(C)cc2)c(C)n(CCCOc2cc(C)c(Cl)c(C)c2)c1C(=O)O. The van der Waals surface area contributed by atoms with Gasteiger partial charge in [0.1, 0.15) is 11.4 Å². The maximum atomic E-state index is 12.2. The summed E-state index contributed by atoms with van der Waals surface area (Å²) in [6.45, 7) is 11.1. The fourth-order valence-electron chi connectivity index (χ4n) is 3.89.